The van der Waals surface area contributed by atoms with Gasteiger partial charge in [-0.3, -0.25) is 0 Å². The third-order valence-corrected chi connectivity index (χ3v) is 7.41. The molecule has 3 aromatic carbocycles. The molecule has 0 spiro atoms. The number of aromatic nitrogens is 3. The first-order chi connectivity index (χ1) is 20.0. The van der Waals surface area contributed by atoms with Crippen molar-refractivity contribution in [1.29, 1.82) is 0 Å². The molecule has 0 atom stereocenters. The van der Waals surface area contributed by atoms with Gasteiger partial charge in [-0.15, -0.1) is 0 Å². The Morgan fingerprint density at radius 1 is 0.902 bits per heavy atom. The number of ether oxygens (including phenoxy) is 5. The fourth-order valence-corrected chi connectivity index (χ4v) is 5.39. The molecule has 0 saturated carbocycles. The van der Waals surface area contributed by atoms with Crippen LogP contribution < -0.4 is 23.7 Å². The van der Waals surface area contributed by atoms with Crippen molar-refractivity contribution < 1.29 is 33.6 Å². The summed E-state index contributed by atoms with van der Waals surface area (Å²) >= 11 is 1.12. The number of hydrogen-bond donors (Lipinski definition) is 1. The highest BCUT2D eigenvalue weighted by atomic mass is 32.1. The van der Waals surface area contributed by atoms with E-state index in [-0.39, 0.29) is 12.4 Å². The molecule has 5 rings (SSSR count). The standard InChI is InChI=1S/C30H31N3O7S/c1-5-6-7-12-39-27-16-24-21(15-26(27)38-4)28(18-8-10-22-23(14-18)32-41-31-22)29(40-30(34)35)33(24)17-19-13-20(36-2)9-11-25(19)37-3/h8-11,13-16H,5-7,12,17H2,1-4H3,(H,34,35). The number of carboxylic acid groups (broad SMARTS) is 1. The lowest BCUT2D eigenvalue weighted by Crippen LogP contribution is -2.10. The third kappa shape index (κ3) is 5.71. The molecular weight excluding hydrogens is 546 g/mol. The van der Waals surface area contributed by atoms with E-state index in [9.17, 15) is 9.90 Å². The molecule has 0 radical (unpaired) electrons. The Hall–Kier alpha value is -4.51. The molecule has 0 bridgehead atoms. The van der Waals surface area contributed by atoms with E-state index in [1.54, 1.807) is 32.0 Å². The summed E-state index contributed by atoms with van der Waals surface area (Å²) in [7, 11) is 4.76. The van der Waals surface area contributed by atoms with E-state index in [0.717, 1.165) is 53.0 Å². The van der Waals surface area contributed by atoms with E-state index in [1.807, 2.05) is 42.5 Å². The van der Waals surface area contributed by atoms with Gasteiger partial charge >= 0.3 is 6.16 Å². The maximum atomic E-state index is 12.1. The number of methoxy groups -OCH3 is 3. The molecule has 10 nitrogen and oxygen atoms in total. The van der Waals surface area contributed by atoms with Crippen molar-refractivity contribution >= 4 is 39.8 Å². The van der Waals surface area contributed by atoms with Crippen molar-refractivity contribution in [3.63, 3.8) is 0 Å². The van der Waals surface area contributed by atoms with Crippen LogP contribution in [-0.2, 0) is 6.54 Å². The van der Waals surface area contributed by atoms with Crippen molar-refractivity contribution in [2.45, 2.75) is 32.7 Å². The highest BCUT2D eigenvalue weighted by Gasteiger charge is 2.26. The summed E-state index contributed by atoms with van der Waals surface area (Å²) in [6.07, 6.45) is 1.58. The monoisotopic (exact) mass is 577 g/mol. The number of fused-ring (bicyclic) bond motifs is 2. The zero-order valence-corrected chi connectivity index (χ0v) is 24.1. The minimum atomic E-state index is -1.44. The maximum Gasteiger partial charge on any atom is 0.512 e. The van der Waals surface area contributed by atoms with E-state index in [2.05, 4.69) is 15.7 Å². The normalized spacial score (nSPS) is 11.1. The SMILES string of the molecule is CCCCCOc1cc2c(cc1OC)c(-c1ccc3nsnc3c1)c(OC(=O)O)n2Cc1cc(OC)ccc1OC. The van der Waals surface area contributed by atoms with Gasteiger partial charge in [-0.1, -0.05) is 25.8 Å². The lowest BCUT2D eigenvalue weighted by molar-refractivity contribution is 0.141. The first-order valence-corrected chi connectivity index (χ1v) is 13.9. The average molecular weight is 578 g/mol. The van der Waals surface area contributed by atoms with Crippen LogP contribution in [0.15, 0.2) is 48.5 Å². The van der Waals surface area contributed by atoms with Crippen molar-refractivity contribution in [2.75, 3.05) is 27.9 Å². The lowest BCUT2D eigenvalue weighted by Gasteiger charge is -2.15. The molecule has 0 aliphatic heterocycles. The summed E-state index contributed by atoms with van der Waals surface area (Å²) in [5, 5.41) is 10.6. The summed E-state index contributed by atoms with van der Waals surface area (Å²) in [4.78, 5) is 12.1. The Morgan fingerprint density at radius 3 is 2.44 bits per heavy atom. The zero-order valence-electron chi connectivity index (χ0n) is 23.3. The minimum absolute atomic E-state index is 0.144. The number of benzene rings is 3. The molecule has 11 heteroatoms. The van der Waals surface area contributed by atoms with Gasteiger partial charge in [-0.05, 0) is 48.4 Å². The second-order valence-corrected chi connectivity index (χ2v) is 9.88. The second-order valence-electron chi connectivity index (χ2n) is 9.36. The number of hydrogen-bond acceptors (Lipinski definition) is 9. The molecule has 0 aliphatic rings. The molecule has 0 unspecified atom stereocenters. The van der Waals surface area contributed by atoms with Crippen molar-refractivity contribution in [2.24, 2.45) is 0 Å². The molecular formula is C30H31N3O7S. The lowest BCUT2D eigenvalue weighted by atomic mass is 10.0. The highest BCUT2D eigenvalue weighted by Crippen LogP contribution is 2.46. The Balaban J connectivity index is 1.78. The van der Waals surface area contributed by atoms with Gasteiger partial charge in [0.15, 0.2) is 11.5 Å². The molecule has 0 amide bonds. The fraction of sp³-hybridized carbons (Fsp3) is 0.300. The van der Waals surface area contributed by atoms with Crippen LogP contribution in [0.1, 0.15) is 31.7 Å². The van der Waals surface area contributed by atoms with E-state index in [1.165, 1.54) is 0 Å². The molecule has 1 N–H and O–H groups in total. The predicted octanol–water partition coefficient (Wildman–Crippen LogP) is 7.01. The number of unbranched alkanes of at least 4 members (excludes halogenated alkanes) is 2. The molecule has 0 fully saturated rings. The molecule has 0 aliphatic carbocycles. The largest absolute Gasteiger partial charge is 0.512 e. The molecule has 0 saturated heterocycles. The third-order valence-electron chi connectivity index (χ3n) is 6.85. The zero-order chi connectivity index (χ0) is 28.9. The Bertz CT molecular complexity index is 1700. The van der Waals surface area contributed by atoms with Crippen LogP contribution in [0.5, 0.6) is 28.9 Å². The molecule has 2 aromatic heterocycles. The van der Waals surface area contributed by atoms with Crippen LogP contribution in [0, 0.1) is 0 Å². The maximum absolute atomic E-state index is 12.1. The Kier molecular flexibility index (Phi) is 8.44. The second kappa shape index (κ2) is 12.3. The van der Waals surface area contributed by atoms with E-state index in [4.69, 9.17) is 23.7 Å². The van der Waals surface area contributed by atoms with Gasteiger partial charge in [0, 0.05) is 17.0 Å². The smallest absolute Gasteiger partial charge is 0.497 e. The molecule has 5 aromatic rings. The van der Waals surface area contributed by atoms with Crippen LogP contribution >= 0.6 is 11.7 Å². The minimum Gasteiger partial charge on any atom is -0.497 e. The van der Waals surface area contributed by atoms with Gasteiger partial charge in [-0.2, -0.15) is 8.75 Å². The van der Waals surface area contributed by atoms with Crippen LogP contribution in [0.3, 0.4) is 0 Å². The average Bonchev–Trinajstić information content (AvgIpc) is 3.56. The fourth-order valence-electron chi connectivity index (χ4n) is 4.88. The topological polar surface area (TPSA) is 114 Å². The summed E-state index contributed by atoms with van der Waals surface area (Å²) in [5.41, 5.74) is 4.22. The van der Waals surface area contributed by atoms with E-state index in [0.29, 0.717) is 46.2 Å². The van der Waals surface area contributed by atoms with E-state index >= 15 is 0 Å². The van der Waals surface area contributed by atoms with Gasteiger partial charge < -0.3 is 33.4 Å². The first kappa shape index (κ1) is 28.0. The summed E-state index contributed by atoms with van der Waals surface area (Å²) in [5.74, 6) is 2.49. The number of nitrogens with zero attached hydrogens (tertiary/aromatic N) is 3. The van der Waals surface area contributed by atoms with Crippen LogP contribution in [0.25, 0.3) is 33.1 Å². The number of rotatable bonds is 12. The van der Waals surface area contributed by atoms with Gasteiger partial charge in [0.2, 0.25) is 5.88 Å². The van der Waals surface area contributed by atoms with E-state index < -0.39 is 6.16 Å². The predicted molar refractivity (Wildman–Crippen MR) is 157 cm³/mol. The molecule has 2 heterocycles. The van der Waals surface area contributed by atoms with Crippen molar-refractivity contribution in [3.05, 3.63) is 54.1 Å². The van der Waals surface area contributed by atoms with Crippen molar-refractivity contribution in [1.82, 2.24) is 13.3 Å². The molecule has 41 heavy (non-hydrogen) atoms. The van der Waals surface area contributed by atoms with Gasteiger partial charge in [0.05, 0.1) is 57.3 Å². The summed E-state index contributed by atoms with van der Waals surface area (Å²) in [6, 6.07) is 14.8. The van der Waals surface area contributed by atoms with Gasteiger partial charge in [-0.25, -0.2) is 4.79 Å². The molecule has 214 valence electrons. The first-order valence-electron chi connectivity index (χ1n) is 13.2. The Labute approximate surface area is 241 Å². The Morgan fingerprint density at radius 2 is 1.71 bits per heavy atom. The summed E-state index contributed by atoms with van der Waals surface area (Å²) in [6.45, 7) is 2.89. The number of carbonyl (C=O) groups is 1. The van der Waals surface area contributed by atoms with Crippen LogP contribution in [-0.4, -0.2) is 52.5 Å². The van der Waals surface area contributed by atoms with Gasteiger partial charge in [0.1, 0.15) is 22.5 Å². The van der Waals surface area contributed by atoms with Gasteiger partial charge in [0.25, 0.3) is 0 Å². The van der Waals surface area contributed by atoms with Crippen LogP contribution in [0.4, 0.5) is 4.79 Å². The highest BCUT2D eigenvalue weighted by molar-refractivity contribution is 7.00. The van der Waals surface area contributed by atoms with Crippen molar-refractivity contribution in [3.8, 4) is 40.0 Å². The van der Waals surface area contributed by atoms with Crippen LogP contribution in [0.2, 0.25) is 0 Å². The quantitative estimate of drug-likeness (QED) is 0.123. The summed E-state index contributed by atoms with van der Waals surface area (Å²) < 4.78 is 39.0.